The Hall–Kier alpha value is -3.22. The quantitative estimate of drug-likeness (QED) is 0.672. The maximum Gasteiger partial charge on any atom is 0.271 e. The Bertz CT molecular complexity index is 771. The second-order valence-electron chi connectivity index (χ2n) is 4.88. The van der Waals surface area contributed by atoms with Crippen LogP contribution in [0.2, 0.25) is 0 Å². The number of rotatable bonds is 5. The van der Waals surface area contributed by atoms with E-state index < -0.39 is 0 Å². The molecule has 0 spiro atoms. The van der Waals surface area contributed by atoms with E-state index in [0.717, 1.165) is 0 Å². The van der Waals surface area contributed by atoms with Crippen molar-refractivity contribution >= 4 is 12.1 Å². The number of hydrogen-bond acceptors (Lipinski definition) is 6. The van der Waals surface area contributed by atoms with Gasteiger partial charge in [0.1, 0.15) is 11.5 Å². The molecule has 124 valence electrons. The minimum atomic E-state index is -0.325. The molecule has 0 atom stereocenters. The van der Waals surface area contributed by atoms with E-state index in [9.17, 15) is 4.79 Å². The topological polar surface area (TPSA) is 78.4 Å². The summed E-state index contributed by atoms with van der Waals surface area (Å²) in [6, 6.07) is 10.2. The summed E-state index contributed by atoms with van der Waals surface area (Å²) in [5.74, 6) is 2.15. The molecule has 0 unspecified atom stereocenters. The number of hydrogen-bond donors (Lipinski definition) is 1. The van der Waals surface area contributed by atoms with Crippen LogP contribution >= 0.6 is 0 Å². The zero-order valence-electron chi connectivity index (χ0n) is 13.2. The normalized spacial score (nSPS) is 12.2. The van der Waals surface area contributed by atoms with E-state index >= 15 is 0 Å². The van der Waals surface area contributed by atoms with Crippen LogP contribution in [0.25, 0.3) is 0 Å². The summed E-state index contributed by atoms with van der Waals surface area (Å²) in [4.78, 5) is 12.0. The maximum atomic E-state index is 12.0. The van der Waals surface area contributed by atoms with Gasteiger partial charge in [0.05, 0.1) is 20.4 Å². The van der Waals surface area contributed by atoms with Gasteiger partial charge < -0.3 is 18.9 Å². The van der Waals surface area contributed by atoms with Crippen molar-refractivity contribution in [2.24, 2.45) is 5.10 Å². The highest BCUT2D eigenvalue weighted by atomic mass is 16.7. The molecule has 1 aliphatic heterocycles. The number of benzene rings is 2. The van der Waals surface area contributed by atoms with Crippen LogP contribution in [0.4, 0.5) is 0 Å². The van der Waals surface area contributed by atoms with Crippen LogP contribution in [-0.2, 0) is 0 Å². The zero-order chi connectivity index (χ0) is 16.9. The first kappa shape index (κ1) is 15.7. The molecule has 7 nitrogen and oxygen atoms in total. The van der Waals surface area contributed by atoms with Crippen LogP contribution in [0.3, 0.4) is 0 Å². The third kappa shape index (κ3) is 3.24. The Kier molecular flexibility index (Phi) is 4.51. The van der Waals surface area contributed by atoms with Crippen molar-refractivity contribution in [2.45, 2.75) is 0 Å². The van der Waals surface area contributed by atoms with Crippen molar-refractivity contribution in [2.75, 3.05) is 21.0 Å². The number of nitrogens with zero attached hydrogens (tertiary/aromatic N) is 1. The van der Waals surface area contributed by atoms with Gasteiger partial charge in [-0.2, -0.15) is 5.10 Å². The minimum Gasteiger partial charge on any atom is -0.497 e. The molecule has 0 saturated heterocycles. The highest BCUT2D eigenvalue weighted by Gasteiger charge is 2.17. The molecule has 0 radical (unpaired) electrons. The molecule has 0 saturated carbocycles. The first-order chi connectivity index (χ1) is 11.7. The van der Waals surface area contributed by atoms with E-state index in [-0.39, 0.29) is 12.7 Å². The lowest BCUT2D eigenvalue weighted by Gasteiger charge is -2.06. The van der Waals surface area contributed by atoms with Gasteiger partial charge in [-0.15, -0.1) is 0 Å². The van der Waals surface area contributed by atoms with Crippen LogP contribution < -0.4 is 24.4 Å². The average Bonchev–Trinajstić information content (AvgIpc) is 3.08. The van der Waals surface area contributed by atoms with E-state index in [1.807, 2.05) is 0 Å². The number of carbonyl (C=O) groups excluding carboxylic acids is 1. The number of fused-ring (bicyclic) bond motifs is 1. The molecule has 0 fully saturated rings. The van der Waals surface area contributed by atoms with Gasteiger partial charge >= 0.3 is 0 Å². The van der Waals surface area contributed by atoms with Crippen molar-refractivity contribution in [3.8, 4) is 23.0 Å². The molecule has 2 aromatic rings. The molecule has 1 heterocycles. The number of amides is 1. The van der Waals surface area contributed by atoms with Gasteiger partial charge in [0.15, 0.2) is 11.5 Å². The summed E-state index contributed by atoms with van der Waals surface area (Å²) in [5, 5.41) is 3.96. The van der Waals surface area contributed by atoms with Crippen molar-refractivity contribution in [3.63, 3.8) is 0 Å². The lowest BCUT2D eigenvalue weighted by Crippen LogP contribution is -2.17. The van der Waals surface area contributed by atoms with Gasteiger partial charge in [-0.05, 0) is 30.3 Å². The first-order valence-corrected chi connectivity index (χ1v) is 7.16. The summed E-state index contributed by atoms with van der Waals surface area (Å²) in [7, 11) is 3.11. The van der Waals surface area contributed by atoms with E-state index in [1.165, 1.54) is 6.21 Å². The smallest absolute Gasteiger partial charge is 0.271 e. The third-order valence-electron chi connectivity index (χ3n) is 3.45. The standard InChI is InChI=1S/C17H16N2O5/c1-21-13-5-3-11(4-6-13)17(20)19-18-9-12-7-15-16(24-10-23-15)8-14(12)22-2/h3-9H,10H2,1-2H3,(H,19,20)/b18-9+. The summed E-state index contributed by atoms with van der Waals surface area (Å²) < 4.78 is 20.9. The predicted octanol–water partition coefficient (Wildman–Crippen LogP) is 2.20. The van der Waals surface area contributed by atoms with Gasteiger partial charge in [0.2, 0.25) is 6.79 Å². The van der Waals surface area contributed by atoms with Gasteiger partial charge in [0, 0.05) is 17.2 Å². The van der Waals surface area contributed by atoms with Gasteiger partial charge in [-0.3, -0.25) is 4.79 Å². The fraction of sp³-hybridized carbons (Fsp3) is 0.176. The molecule has 1 aliphatic rings. The first-order valence-electron chi connectivity index (χ1n) is 7.16. The second-order valence-corrected chi connectivity index (χ2v) is 4.88. The molecule has 1 amide bonds. The molecule has 7 heteroatoms. The van der Waals surface area contributed by atoms with Gasteiger partial charge in [0.25, 0.3) is 5.91 Å². The van der Waals surface area contributed by atoms with E-state index in [2.05, 4.69) is 10.5 Å². The van der Waals surface area contributed by atoms with Gasteiger partial charge in [-0.1, -0.05) is 0 Å². The van der Waals surface area contributed by atoms with Crippen LogP contribution in [0.15, 0.2) is 41.5 Å². The number of carbonyl (C=O) groups is 1. The van der Waals surface area contributed by atoms with Crippen LogP contribution in [0.1, 0.15) is 15.9 Å². The van der Waals surface area contributed by atoms with E-state index in [4.69, 9.17) is 18.9 Å². The van der Waals surface area contributed by atoms with Crippen molar-refractivity contribution in [1.82, 2.24) is 5.43 Å². The largest absolute Gasteiger partial charge is 0.497 e. The molecular weight excluding hydrogens is 312 g/mol. The average molecular weight is 328 g/mol. The number of hydrazone groups is 1. The Morgan fingerprint density at radius 3 is 2.50 bits per heavy atom. The number of ether oxygens (including phenoxy) is 4. The molecular formula is C17H16N2O5. The van der Waals surface area contributed by atoms with Crippen LogP contribution in [0.5, 0.6) is 23.0 Å². The molecule has 1 N–H and O–H groups in total. The fourth-order valence-corrected chi connectivity index (χ4v) is 2.18. The monoisotopic (exact) mass is 328 g/mol. The van der Waals surface area contributed by atoms with Crippen molar-refractivity contribution < 1.29 is 23.7 Å². The van der Waals surface area contributed by atoms with E-state index in [0.29, 0.717) is 34.1 Å². The Labute approximate surface area is 138 Å². The highest BCUT2D eigenvalue weighted by Crippen LogP contribution is 2.37. The SMILES string of the molecule is COc1ccc(C(=O)N/N=C/c2cc3c(cc2OC)OCO3)cc1. The molecule has 0 bridgehead atoms. The lowest BCUT2D eigenvalue weighted by atomic mass is 10.2. The van der Waals surface area contributed by atoms with Gasteiger partial charge in [-0.25, -0.2) is 5.43 Å². The number of nitrogens with one attached hydrogen (secondary N) is 1. The minimum absolute atomic E-state index is 0.174. The fourth-order valence-electron chi connectivity index (χ4n) is 2.18. The Morgan fingerprint density at radius 2 is 1.83 bits per heavy atom. The summed E-state index contributed by atoms with van der Waals surface area (Å²) in [6.45, 7) is 0.174. The van der Waals surface area contributed by atoms with Crippen molar-refractivity contribution in [3.05, 3.63) is 47.5 Å². The number of methoxy groups -OCH3 is 2. The molecule has 0 aromatic heterocycles. The Morgan fingerprint density at radius 1 is 1.12 bits per heavy atom. The second kappa shape index (κ2) is 6.91. The summed E-state index contributed by atoms with van der Waals surface area (Å²) in [6.07, 6.45) is 1.49. The lowest BCUT2D eigenvalue weighted by molar-refractivity contribution is 0.0955. The Balaban J connectivity index is 1.70. The molecule has 3 rings (SSSR count). The summed E-state index contributed by atoms with van der Waals surface area (Å²) >= 11 is 0. The third-order valence-corrected chi connectivity index (χ3v) is 3.45. The maximum absolute atomic E-state index is 12.0. The van der Waals surface area contributed by atoms with Crippen LogP contribution in [-0.4, -0.2) is 33.1 Å². The highest BCUT2D eigenvalue weighted by molar-refractivity contribution is 5.95. The van der Waals surface area contributed by atoms with Crippen LogP contribution in [0, 0.1) is 0 Å². The molecule has 0 aliphatic carbocycles. The summed E-state index contributed by atoms with van der Waals surface area (Å²) in [5.41, 5.74) is 3.61. The van der Waals surface area contributed by atoms with E-state index in [1.54, 1.807) is 50.6 Å². The predicted molar refractivity (Wildman–Crippen MR) is 87.2 cm³/mol. The van der Waals surface area contributed by atoms with Crippen molar-refractivity contribution in [1.29, 1.82) is 0 Å². The zero-order valence-corrected chi connectivity index (χ0v) is 13.2. The molecule has 24 heavy (non-hydrogen) atoms. The molecule has 2 aromatic carbocycles.